The number of carbonyl (C=O) groups excluding carboxylic acids is 3. The maximum absolute atomic E-state index is 12.4. The molecule has 1 aromatic carbocycles. The van der Waals surface area contributed by atoms with E-state index in [0.29, 0.717) is 27.8 Å². The second kappa shape index (κ2) is 9.64. The number of hydrogen-bond donors (Lipinski definition) is 1. The monoisotopic (exact) mass is 401 g/mol. The van der Waals surface area contributed by atoms with Crippen molar-refractivity contribution in [2.45, 2.75) is 53.4 Å². The van der Waals surface area contributed by atoms with Crippen LogP contribution in [0.5, 0.6) is 0 Å². The minimum atomic E-state index is -0.525. The van der Waals surface area contributed by atoms with E-state index in [-0.39, 0.29) is 30.3 Å². The Kier molecular flexibility index (Phi) is 7.52. The molecule has 0 saturated carbocycles. The van der Waals surface area contributed by atoms with E-state index in [9.17, 15) is 14.4 Å². The van der Waals surface area contributed by atoms with Gasteiger partial charge in [-0.3, -0.25) is 9.59 Å². The first-order valence-electron chi connectivity index (χ1n) is 9.44. The van der Waals surface area contributed by atoms with Crippen LogP contribution in [0.4, 0.5) is 5.00 Å². The quantitative estimate of drug-likeness (QED) is 0.492. The number of Topliss-reactive ketones (excluding diaryl/α,β-unsaturated/α-hetero) is 1. The number of benzene rings is 1. The molecular formula is C22H27NO4S. The molecule has 0 unspecified atom stereocenters. The summed E-state index contributed by atoms with van der Waals surface area (Å²) in [6, 6.07) is 8.24. The van der Waals surface area contributed by atoms with Gasteiger partial charge in [-0.2, -0.15) is 0 Å². The molecule has 1 amide bonds. The van der Waals surface area contributed by atoms with Crippen molar-refractivity contribution in [1.29, 1.82) is 0 Å². The summed E-state index contributed by atoms with van der Waals surface area (Å²) in [5.74, 6) is -0.395. The Hall–Kier alpha value is -2.47. The highest BCUT2D eigenvalue weighted by Crippen LogP contribution is 2.34. The van der Waals surface area contributed by atoms with Crippen LogP contribution in [0, 0.1) is 6.92 Å². The fraction of sp³-hybridized carbons (Fsp3) is 0.409. The first-order chi connectivity index (χ1) is 13.2. The minimum absolute atomic E-state index is 0.140. The highest BCUT2D eigenvalue weighted by molar-refractivity contribution is 7.18. The number of aryl methyl sites for hydroxylation is 1. The van der Waals surface area contributed by atoms with Crippen LogP contribution < -0.4 is 5.32 Å². The molecule has 150 valence electrons. The molecule has 5 nitrogen and oxygen atoms in total. The Morgan fingerprint density at radius 1 is 1.14 bits per heavy atom. The molecule has 1 heterocycles. The van der Waals surface area contributed by atoms with E-state index < -0.39 is 5.97 Å². The third kappa shape index (κ3) is 5.29. The van der Waals surface area contributed by atoms with Crippen molar-refractivity contribution in [3.8, 4) is 0 Å². The summed E-state index contributed by atoms with van der Waals surface area (Å²) in [5.41, 5.74) is 3.16. The van der Waals surface area contributed by atoms with Crippen LogP contribution in [0.25, 0.3) is 0 Å². The van der Waals surface area contributed by atoms with Gasteiger partial charge in [-0.1, -0.05) is 38.1 Å². The molecule has 2 rings (SSSR count). The van der Waals surface area contributed by atoms with Gasteiger partial charge in [-0.05, 0) is 49.8 Å². The Bertz CT molecular complexity index is 865. The van der Waals surface area contributed by atoms with Crippen LogP contribution in [0.1, 0.15) is 76.8 Å². The Morgan fingerprint density at radius 3 is 2.32 bits per heavy atom. The van der Waals surface area contributed by atoms with Crippen molar-refractivity contribution in [2.24, 2.45) is 0 Å². The standard InChI is InChI=1S/C22H27NO4S/c1-6-27-22(26)19-14(4)20(15(5)24)28-21(19)23-18(25)12-9-16-7-10-17(11-8-16)13(2)3/h7-8,10-11,13H,6,9,12H2,1-5H3,(H,23,25). The molecule has 0 atom stereocenters. The number of anilines is 1. The maximum Gasteiger partial charge on any atom is 0.341 e. The summed E-state index contributed by atoms with van der Waals surface area (Å²) in [6.45, 7) is 9.37. The fourth-order valence-electron chi connectivity index (χ4n) is 2.90. The predicted octanol–water partition coefficient (Wildman–Crippen LogP) is 5.13. The van der Waals surface area contributed by atoms with E-state index in [1.165, 1.54) is 12.5 Å². The van der Waals surface area contributed by atoms with E-state index in [0.717, 1.165) is 16.9 Å². The second-order valence-electron chi connectivity index (χ2n) is 6.98. The second-order valence-corrected chi connectivity index (χ2v) is 8.00. The molecule has 0 saturated heterocycles. The van der Waals surface area contributed by atoms with E-state index in [1.54, 1.807) is 13.8 Å². The summed E-state index contributed by atoms with van der Waals surface area (Å²) in [4.78, 5) is 37.0. The molecule has 0 bridgehead atoms. The van der Waals surface area contributed by atoms with E-state index in [2.05, 4.69) is 31.3 Å². The zero-order valence-electron chi connectivity index (χ0n) is 17.0. The number of rotatable bonds is 8. The van der Waals surface area contributed by atoms with Crippen molar-refractivity contribution in [3.63, 3.8) is 0 Å². The Balaban J connectivity index is 2.11. The highest BCUT2D eigenvalue weighted by atomic mass is 32.1. The third-order valence-electron chi connectivity index (χ3n) is 4.49. The molecule has 28 heavy (non-hydrogen) atoms. The molecule has 1 aromatic heterocycles. The molecule has 6 heteroatoms. The number of nitrogens with one attached hydrogen (secondary N) is 1. The maximum atomic E-state index is 12.4. The van der Waals surface area contributed by atoms with Crippen LogP contribution in [-0.4, -0.2) is 24.3 Å². The van der Waals surface area contributed by atoms with Crippen LogP contribution in [0.2, 0.25) is 0 Å². The summed E-state index contributed by atoms with van der Waals surface area (Å²) >= 11 is 1.12. The van der Waals surface area contributed by atoms with Crippen molar-refractivity contribution in [2.75, 3.05) is 11.9 Å². The average Bonchev–Trinajstić information content (AvgIpc) is 2.96. The van der Waals surface area contributed by atoms with Gasteiger partial charge in [0.15, 0.2) is 5.78 Å². The summed E-state index contributed by atoms with van der Waals surface area (Å²) in [6.07, 6.45) is 0.887. The molecule has 0 fully saturated rings. The molecular weight excluding hydrogens is 374 g/mol. The number of ketones is 1. The van der Waals surface area contributed by atoms with E-state index >= 15 is 0 Å². The molecule has 0 aliphatic rings. The SMILES string of the molecule is CCOC(=O)c1c(NC(=O)CCc2ccc(C(C)C)cc2)sc(C(C)=O)c1C. The molecule has 0 spiro atoms. The van der Waals surface area contributed by atoms with Crippen molar-refractivity contribution in [1.82, 2.24) is 0 Å². The van der Waals surface area contributed by atoms with Gasteiger partial charge in [0.05, 0.1) is 17.0 Å². The van der Waals surface area contributed by atoms with Gasteiger partial charge in [0, 0.05) is 6.42 Å². The number of ether oxygens (including phenoxy) is 1. The largest absolute Gasteiger partial charge is 0.462 e. The highest BCUT2D eigenvalue weighted by Gasteiger charge is 2.25. The van der Waals surface area contributed by atoms with E-state index in [1.807, 2.05) is 12.1 Å². The minimum Gasteiger partial charge on any atom is -0.462 e. The molecule has 1 N–H and O–H groups in total. The lowest BCUT2D eigenvalue weighted by Gasteiger charge is -2.08. The van der Waals surface area contributed by atoms with Crippen molar-refractivity contribution < 1.29 is 19.1 Å². The Labute approximate surface area is 170 Å². The van der Waals surface area contributed by atoms with Gasteiger partial charge in [0.25, 0.3) is 0 Å². The normalized spacial score (nSPS) is 10.8. The van der Waals surface area contributed by atoms with E-state index in [4.69, 9.17) is 4.74 Å². The number of esters is 1. The van der Waals surface area contributed by atoms with Crippen LogP contribution in [0.3, 0.4) is 0 Å². The first-order valence-corrected chi connectivity index (χ1v) is 10.3. The van der Waals surface area contributed by atoms with Crippen LogP contribution in [-0.2, 0) is 16.0 Å². The van der Waals surface area contributed by atoms with Gasteiger partial charge in [-0.15, -0.1) is 11.3 Å². The average molecular weight is 402 g/mol. The molecule has 0 aliphatic carbocycles. The van der Waals surface area contributed by atoms with Gasteiger partial charge >= 0.3 is 5.97 Å². The lowest BCUT2D eigenvalue weighted by atomic mass is 10.0. The number of hydrogen-bond acceptors (Lipinski definition) is 5. The first kappa shape index (κ1) is 21.8. The van der Waals surface area contributed by atoms with Gasteiger partial charge in [-0.25, -0.2) is 4.79 Å². The van der Waals surface area contributed by atoms with Gasteiger partial charge < -0.3 is 10.1 Å². The van der Waals surface area contributed by atoms with Crippen molar-refractivity contribution >= 4 is 34.0 Å². The van der Waals surface area contributed by atoms with Gasteiger partial charge in [0.2, 0.25) is 5.91 Å². The summed E-state index contributed by atoms with van der Waals surface area (Å²) < 4.78 is 5.09. The number of thiophene rings is 1. The third-order valence-corrected chi connectivity index (χ3v) is 5.79. The Morgan fingerprint density at radius 2 is 1.79 bits per heavy atom. The van der Waals surface area contributed by atoms with Crippen molar-refractivity contribution in [3.05, 3.63) is 51.4 Å². The zero-order chi connectivity index (χ0) is 20.8. The summed E-state index contributed by atoms with van der Waals surface area (Å²) in [7, 11) is 0. The number of amides is 1. The zero-order valence-corrected chi connectivity index (χ0v) is 17.9. The smallest absolute Gasteiger partial charge is 0.341 e. The lowest BCUT2D eigenvalue weighted by molar-refractivity contribution is -0.116. The van der Waals surface area contributed by atoms with Crippen LogP contribution >= 0.6 is 11.3 Å². The topological polar surface area (TPSA) is 72.5 Å². The molecule has 0 aliphatic heterocycles. The predicted molar refractivity (Wildman–Crippen MR) is 112 cm³/mol. The van der Waals surface area contributed by atoms with Gasteiger partial charge in [0.1, 0.15) is 5.00 Å². The lowest BCUT2D eigenvalue weighted by Crippen LogP contribution is -2.15. The molecule has 2 aromatic rings. The fourth-order valence-corrected chi connectivity index (χ4v) is 4.01. The van der Waals surface area contributed by atoms with Crippen LogP contribution in [0.15, 0.2) is 24.3 Å². The number of carbonyl (C=O) groups is 3. The molecule has 0 radical (unpaired) electrons. The summed E-state index contributed by atoms with van der Waals surface area (Å²) in [5, 5.41) is 3.17.